The summed E-state index contributed by atoms with van der Waals surface area (Å²) in [5, 5.41) is 0. The molecule has 5 heteroatoms. The molecule has 2 atom stereocenters. The molecule has 0 aliphatic carbocycles. The second-order valence-corrected chi connectivity index (χ2v) is 7.97. The first-order valence-electron chi connectivity index (χ1n) is 8.42. The van der Waals surface area contributed by atoms with Crippen LogP contribution in [0.25, 0.3) is 0 Å². The fourth-order valence-corrected chi connectivity index (χ4v) is 4.08. The number of nitrogens with one attached hydrogen (secondary N) is 1. The number of benzene rings is 3. The third-order valence-corrected chi connectivity index (χ3v) is 5.77. The Labute approximate surface area is 154 Å². The van der Waals surface area contributed by atoms with E-state index in [4.69, 9.17) is 5.73 Å². The van der Waals surface area contributed by atoms with E-state index < -0.39 is 22.1 Å². The van der Waals surface area contributed by atoms with Gasteiger partial charge in [0.15, 0.2) is 0 Å². The highest BCUT2D eigenvalue weighted by molar-refractivity contribution is 7.89. The predicted molar refractivity (Wildman–Crippen MR) is 104 cm³/mol. The molecule has 4 nitrogen and oxygen atoms in total. The van der Waals surface area contributed by atoms with Crippen molar-refractivity contribution in [3.8, 4) is 0 Å². The molecule has 0 radical (unpaired) electrons. The minimum atomic E-state index is -3.71. The van der Waals surface area contributed by atoms with Crippen molar-refractivity contribution in [2.45, 2.75) is 23.9 Å². The van der Waals surface area contributed by atoms with E-state index in [-0.39, 0.29) is 4.90 Å². The topological polar surface area (TPSA) is 72.2 Å². The van der Waals surface area contributed by atoms with Crippen molar-refractivity contribution >= 4 is 10.0 Å². The average molecular weight is 366 g/mol. The molecule has 3 aromatic rings. The molecule has 0 saturated carbocycles. The number of hydrogen-bond donors (Lipinski definition) is 2. The summed E-state index contributed by atoms with van der Waals surface area (Å²) >= 11 is 0. The van der Waals surface area contributed by atoms with Crippen LogP contribution in [0.3, 0.4) is 0 Å². The first-order valence-corrected chi connectivity index (χ1v) is 9.90. The number of nitrogens with two attached hydrogens (primary N) is 1. The van der Waals surface area contributed by atoms with Gasteiger partial charge in [-0.05, 0) is 30.2 Å². The summed E-state index contributed by atoms with van der Waals surface area (Å²) in [6, 6.07) is 24.6. The van der Waals surface area contributed by atoms with Crippen molar-refractivity contribution < 1.29 is 8.42 Å². The van der Waals surface area contributed by atoms with Gasteiger partial charge >= 0.3 is 0 Å². The Morgan fingerprint density at radius 2 is 1.27 bits per heavy atom. The van der Waals surface area contributed by atoms with Crippen molar-refractivity contribution in [2.75, 3.05) is 0 Å². The van der Waals surface area contributed by atoms with Gasteiger partial charge in [-0.3, -0.25) is 0 Å². The lowest BCUT2D eigenvalue weighted by Gasteiger charge is -2.26. The van der Waals surface area contributed by atoms with Crippen LogP contribution >= 0.6 is 0 Å². The van der Waals surface area contributed by atoms with Gasteiger partial charge in [0, 0.05) is 0 Å². The van der Waals surface area contributed by atoms with Crippen molar-refractivity contribution in [3.63, 3.8) is 0 Å². The third kappa shape index (κ3) is 4.19. The molecule has 0 bridgehead atoms. The first-order chi connectivity index (χ1) is 12.5. The standard InChI is InChI=1S/C21H22N2O2S/c1-16-12-14-19(15-13-16)26(24,25)23-21(18-10-6-3-7-11-18)20(22)17-8-4-2-5-9-17/h2-15,20-21,23H,22H2,1H3/t20-,21?/m1/s1. The third-order valence-electron chi connectivity index (χ3n) is 4.32. The minimum Gasteiger partial charge on any atom is -0.322 e. The van der Waals surface area contributed by atoms with E-state index >= 15 is 0 Å². The molecular formula is C21H22N2O2S. The van der Waals surface area contributed by atoms with E-state index in [0.717, 1.165) is 16.7 Å². The van der Waals surface area contributed by atoms with Crippen LogP contribution in [-0.4, -0.2) is 8.42 Å². The number of aryl methyl sites for hydroxylation is 1. The van der Waals surface area contributed by atoms with Gasteiger partial charge in [0.25, 0.3) is 0 Å². The molecule has 0 heterocycles. The van der Waals surface area contributed by atoms with Crippen molar-refractivity contribution in [1.29, 1.82) is 0 Å². The highest BCUT2D eigenvalue weighted by Gasteiger charge is 2.27. The zero-order chi connectivity index (χ0) is 18.6. The second-order valence-electron chi connectivity index (χ2n) is 6.26. The van der Waals surface area contributed by atoms with Crippen molar-refractivity contribution in [3.05, 3.63) is 102 Å². The molecule has 26 heavy (non-hydrogen) atoms. The Morgan fingerprint density at radius 3 is 1.81 bits per heavy atom. The second kappa shape index (κ2) is 7.83. The Balaban J connectivity index is 1.97. The normalized spacial score (nSPS) is 13.9. The fraction of sp³-hybridized carbons (Fsp3) is 0.143. The maximum Gasteiger partial charge on any atom is 0.241 e. The Bertz CT molecular complexity index is 940. The molecule has 0 saturated heterocycles. The fourth-order valence-electron chi connectivity index (χ4n) is 2.83. The monoisotopic (exact) mass is 366 g/mol. The quantitative estimate of drug-likeness (QED) is 0.698. The lowest BCUT2D eigenvalue weighted by molar-refractivity contribution is 0.504. The van der Waals surface area contributed by atoms with Crippen LogP contribution in [0.4, 0.5) is 0 Å². The summed E-state index contributed by atoms with van der Waals surface area (Å²) in [6.45, 7) is 1.92. The molecule has 0 spiro atoms. The van der Waals surface area contributed by atoms with E-state index in [0.29, 0.717) is 0 Å². The van der Waals surface area contributed by atoms with Crippen LogP contribution in [-0.2, 0) is 10.0 Å². The molecule has 0 aliphatic rings. The van der Waals surface area contributed by atoms with Gasteiger partial charge in [0.05, 0.1) is 17.0 Å². The van der Waals surface area contributed by atoms with Crippen LogP contribution < -0.4 is 10.5 Å². The van der Waals surface area contributed by atoms with E-state index in [1.54, 1.807) is 24.3 Å². The highest BCUT2D eigenvalue weighted by Crippen LogP contribution is 2.28. The van der Waals surface area contributed by atoms with Crippen LogP contribution in [0.15, 0.2) is 89.8 Å². The number of hydrogen-bond acceptors (Lipinski definition) is 3. The summed E-state index contributed by atoms with van der Waals surface area (Å²) in [4.78, 5) is 0.226. The molecular weight excluding hydrogens is 344 g/mol. The number of sulfonamides is 1. The predicted octanol–water partition coefficient (Wildman–Crippen LogP) is 3.71. The number of rotatable bonds is 6. The Kier molecular flexibility index (Phi) is 5.52. The summed E-state index contributed by atoms with van der Waals surface area (Å²) in [7, 11) is -3.71. The van der Waals surface area contributed by atoms with Gasteiger partial charge in [-0.15, -0.1) is 0 Å². The van der Waals surface area contributed by atoms with Crippen molar-refractivity contribution in [1.82, 2.24) is 4.72 Å². The average Bonchev–Trinajstić information content (AvgIpc) is 2.67. The Morgan fingerprint density at radius 1 is 0.769 bits per heavy atom. The largest absolute Gasteiger partial charge is 0.322 e. The summed E-state index contributed by atoms with van der Waals surface area (Å²) in [5.41, 5.74) is 9.15. The van der Waals surface area contributed by atoms with Crippen LogP contribution in [0.2, 0.25) is 0 Å². The van der Waals surface area contributed by atoms with Gasteiger partial charge in [0.2, 0.25) is 10.0 Å². The molecule has 0 aliphatic heterocycles. The molecule has 3 N–H and O–H groups in total. The van der Waals surface area contributed by atoms with E-state index in [9.17, 15) is 8.42 Å². The van der Waals surface area contributed by atoms with Crippen molar-refractivity contribution in [2.24, 2.45) is 5.73 Å². The molecule has 1 unspecified atom stereocenters. The van der Waals surface area contributed by atoms with Crippen LogP contribution in [0, 0.1) is 6.92 Å². The van der Waals surface area contributed by atoms with Gasteiger partial charge in [0.1, 0.15) is 0 Å². The van der Waals surface area contributed by atoms with Gasteiger partial charge in [-0.2, -0.15) is 0 Å². The molecule has 0 aromatic heterocycles. The van der Waals surface area contributed by atoms with E-state index in [1.807, 2.05) is 67.6 Å². The van der Waals surface area contributed by atoms with Gasteiger partial charge in [-0.1, -0.05) is 78.4 Å². The minimum absolute atomic E-state index is 0.226. The zero-order valence-corrected chi connectivity index (χ0v) is 15.4. The molecule has 134 valence electrons. The Hall–Kier alpha value is -2.47. The van der Waals surface area contributed by atoms with Crippen LogP contribution in [0.5, 0.6) is 0 Å². The molecule has 3 rings (SSSR count). The molecule has 0 fully saturated rings. The molecule has 3 aromatic carbocycles. The maximum absolute atomic E-state index is 12.9. The highest BCUT2D eigenvalue weighted by atomic mass is 32.2. The van der Waals surface area contributed by atoms with E-state index in [1.165, 1.54) is 0 Å². The smallest absolute Gasteiger partial charge is 0.241 e. The summed E-state index contributed by atoms with van der Waals surface area (Å²) < 4.78 is 28.6. The zero-order valence-electron chi connectivity index (χ0n) is 14.5. The van der Waals surface area contributed by atoms with Gasteiger partial charge < -0.3 is 5.73 Å². The summed E-state index contributed by atoms with van der Waals surface area (Å²) in [5.74, 6) is 0. The first kappa shape index (κ1) is 18.3. The van der Waals surface area contributed by atoms with Gasteiger partial charge in [-0.25, -0.2) is 13.1 Å². The molecule has 0 amide bonds. The summed E-state index contributed by atoms with van der Waals surface area (Å²) in [6.07, 6.45) is 0. The SMILES string of the molecule is Cc1ccc(S(=O)(=O)NC(c2ccccc2)[C@H](N)c2ccccc2)cc1. The lowest BCUT2D eigenvalue weighted by Crippen LogP contribution is -2.36. The lowest BCUT2D eigenvalue weighted by atomic mass is 9.95. The maximum atomic E-state index is 12.9. The van der Waals surface area contributed by atoms with Crippen LogP contribution in [0.1, 0.15) is 28.8 Å². The van der Waals surface area contributed by atoms with E-state index in [2.05, 4.69) is 4.72 Å².